The maximum Gasteiger partial charge on any atom is 0.159 e. The fraction of sp³-hybridized carbons (Fsp3) is 0.0333. The largest absolute Gasteiger partial charge is 0.454 e. The van der Waals surface area contributed by atoms with E-state index in [1.807, 2.05) is 12.1 Å². The Bertz CT molecular complexity index is 3830. The van der Waals surface area contributed by atoms with Gasteiger partial charge >= 0.3 is 0 Å². The summed E-state index contributed by atoms with van der Waals surface area (Å²) in [6.07, 6.45) is 0. The van der Waals surface area contributed by atoms with Gasteiger partial charge in [0.05, 0.1) is 22.7 Å². The summed E-state index contributed by atoms with van der Waals surface area (Å²) < 4.78 is 13.5. The number of nitrogens with zero attached hydrogens (tertiary/aromatic N) is 2. The van der Waals surface area contributed by atoms with Gasteiger partial charge < -0.3 is 18.6 Å². The Kier molecular flexibility index (Phi) is 8.33. The molecular weight excluding hydrogens is 809 g/mol. The second kappa shape index (κ2) is 14.5. The molecular formula is C60H42N2O2Si. The van der Waals surface area contributed by atoms with Gasteiger partial charge in [-0.1, -0.05) is 171 Å². The summed E-state index contributed by atoms with van der Waals surface area (Å²) in [4.78, 5) is 4.81. The molecule has 0 atom stereocenters. The third kappa shape index (κ3) is 5.69. The Morgan fingerprint density at radius 1 is 0.338 bits per heavy atom. The normalized spacial score (nSPS) is 12.9. The van der Waals surface area contributed by atoms with Crippen molar-refractivity contribution < 1.29 is 8.83 Å². The molecule has 0 fully saturated rings. The van der Waals surface area contributed by atoms with E-state index in [0.717, 1.165) is 89.1 Å². The Hall–Kier alpha value is -8.12. The molecule has 1 aliphatic heterocycles. The van der Waals surface area contributed by atoms with E-state index in [9.17, 15) is 0 Å². The quantitative estimate of drug-likeness (QED) is 0.150. The van der Waals surface area contributed by atoms with Crippen molar-refractivity contribution in [1.29, 1.82) is 0 Å². The molecule has 0 aliphatic carbocycles. The number of benzene rings is 10. The molecule has 65 heavy (non-hydrogen) atoms. The van der Waals surface area contributed by atoms with Crippen molar-refractivity contribution in [2.24, 2.45) is 0 Å². The van der Waals surface area contributed by atoms with Gasteiger partial charge in [-0.15, -0.1) is 0 Å². The third-order valence-electron chi connectivity index (χ3n) is 13.6. The molecule has 0 saturated heterocycles. The van der Waals surface area contributed by atoms with Crippen LogP contribution in [0.15, 0.2) is 227 Å². The maximum absolute atomic E-state index is 6.81. The van der Waals surface area contributed by atoms with Crippen LogP contribution in [0.2, 0.25) is 13.1 Å². The van der Waals surface area contributed by atoms with Gasteiger partial charge in [-0.25, -0.2) is 0 Å². The maximum atomic E-state index is 6.81. The van der Waals surface area contributed by atoms with Crippen molar-refractivity contribution >= 4 is 107 Å². The second-order valence-electron chi connectivity index (χ2n) is 17.6. The minimum atomic E-state index is -2.35. The molecule has 5 heteroatoms. The summed E-state index contributed by atoms with van der Waals surface area (Å²) in [7, 11) is -2.35. The van der Waals surface area contributed by atoms with E-state index in [2.05, 4.69) is 229 Å². The highest BCUT2D eigenvalue weighted by atomic mass is 28.3. The molecule has 1 aliphatic rings. The summed E-state index contributed by atoms with van der Waals surface area (Å²) >= 11 is 0. The van der Waals surface area contributed by atoms with Crippen LogP contribution in [0, 0.1) is 0 Å². The number of para-hydroxylation sites is 6. The van der Waals surface area contributed by atoms with Gasteiger partial charge in [0.15, 0.2) is 11.2 Å². The lowest BCUT2D eigenvalue weighted by Gasteiger charge is -2.36. The third-order valence-corrected chi connectivity index (χ3v) is 17.2. The highest BCUT2D eigenvalue weighted by Crippen LogP contribution is 2.49. The van der Waals surface area contributed by atoms with Gasteiger partial charge in [0.2, 0.25) is 0 Å². The number of fused-ring (bicyclic) bond motifs is 8. The van der Waals surface area contributed by atoms with Crippen molar-refractivity contribution in [2.75, 3.05) is 9.80 Å². The average molecular weight is 851 g/mol. The zero-order chi connectivity index (χ0) is 43.2. The number of rotatable bonds is 7. The highest BCUT2D eigenvalue weighted by Gasteiger charge is 2.37. The van der Waals surface area contributed by atoms with Crippen LogP contribution in [-0.4, -0.2) is 8.07 Å². The van der Waals surface area contributed by atoms with Crippen LogP contribution in [0.4, 0.5) is 34.1 Å². The van der Waals surface area contributed by atoms with Gasteiger partial charge in [-0.2, -0.15) is 0 Å². The molecule has 0 bridgehead atoms. The highest BCUT2D eigenvalue weighted by molar-refractivity contribution is 7.03. The lowest BCUT2D eigenvalue weighted by atomic mass is 9.94. The lowest BCUT2D eigenvalue weighted by Crippen LogP contribution is -2.56. The Morgan fingerprint density at radius 3 is 1.58 bits per heavy atom. The molecule has 0 N–H and O–H groups in total. The number of furan rings is 2. The predicted molar refractivity (Wildman–Crippen MR) is 275 cm³/mol. The molecule has 0 spiro atoms. The summed E-state index contributed by atoms with van der Waals surface area (Å²) in [6.45, 7) is 5.04. The van der Waals surface area contributed by atoms with Crippen molar-refractivity contribution in [3.63, 3.8) is 0 Å². The van der Waals surface area contributed by atoms with Crippen LogP contribution in [0.5, 0.6) is 0 Å². The zero-order valence-electron chi connectivity index (χ0n) is 36.0. The molecule has 4 nitrogen and oxygen atoms in total. The zero-order valence-corrected chi connectivity index (χ0v) is 37.0. The first-order valence-corrected chi connectivity index (χ1v) is 25.3. The summed E-state index contributed by atoms with van der Waals surface area (Å²) in [6, 6.07) is 78.8. The van der Waals surface area contributed by atoms with E-state index < -0.39 is 8.07 Å². The Morgan fingerprint density at radius 2 is 0.877 bits per heavy atom. The lowest BCUT2D eigenvalue weighted by molar-refractivity contribution is 0.668. The molecule has 2 aromatic heterocycles. The molecule has 0 radical (unpaired) electrons. The molecule has 0 unspecified atom stereocenters. The molecule has 12 aromatic rings. The number of hydrogen-bond donors (Lipinski definition) is 0. The molecule has 3 heterocycles. The first-order chi connectivity index (χ1) is 32.0. The SMILES string of the molecule is C[Si]1(C)c2cc(N(c3ccccc3)c3cccc4c3oc3ccccc34)ccc2-c2ccc(N(c3ccccc3-c3ccccc3)c3cccc4c3oc3ccccc34)c3cccc1c23. The van der Waals surface area contributed by atoms with Crippen molar-refractivity contribution in [2.45, 2.75) is 13.1 Å². The smallest absolute Gasteiger partial charge is 0.159 e. The first kappa shape index (κ1) is 37.4. The van der Waals surface area contributed by atoms with E-state index in [1.165, 1.54) is 32.3 Å². The minimum Gasteiger partial charge on any atom is -0.454 e. The summed E-state index contributed by atoms with van der Waals surface area (Å²) in [5.41, 5.74) is 14.8. The topological polar surface area (TPSA) is 32.8 Å². The molecule has 0 saturated carbocycles. The van der Waals surface area contributed by atoms with Crippen molar-refractivity contribution in [3.05, 3.63) is 218 Å². The Balaban J connectivity index is 1.03. The molecule has 308 valence electrons. The standard InChI is InChI=1S/C60H42N2O2Si/c1-65(2)56-33-17-27-49-51(62(50-28-12-9-22-42(50)39-18-5-3-6-19-39)53-30-16-26-48-44-24-11-14-32-55(44)64-60(48)53)37-36-46(58(49)56)45-35-34-41(38-57(45)65)61(40-20-7-4-8-21-40)52-29-15-25-47-43-23-10-13-31-54(43)63-59(47)52/h3-38H,1-2H3. The van der Waals surface area contributed by atoms with Crippen LogP contribution < -0.4 is 20.2 Å². The van der Waals surface area contributed by atoms with E-state index in [1.54, 1.807) is 0 Å². The van der Waals surface area contributed by atoms with Gasteiger partial charge in [-0.05, 0) is 93.1 Å². The van der Waals surface area contributed by atoms with Crippen LogP contribution in [0.1, 0.15) is 0 Å². The fourth-order valence-electron chi connectivity index (χ4n) is 10.6. The second-order valence-corrected chi connectivity index (χ2v) is 21.9. The Labute approximate surface area is 377 Å². The minimum absolute atomic E-state index is 0.867. The van der Waals surface area contributed by atoms with E-state index in [0.29, 0.717) is 0 Å². The van der Waals surface area contributed by atoms with Crippen molar-refractivity contribution in [3.8, 4) is 22.3 Å². The van der Waals surface area contributed by atoms with Crippen molar-refractivity contribution in [1.82, 2.24) is 0 Å². The average Bonchev–Trinajstić information content (AvgIpc) is 3.94. The van der Waals surface area contributed by atoms with Gasteiger partial charge in [0, 0.05) is 43.9 Å². The predicted octanol–water partition coefficient (Wildman–Crippen LogP) is 16.0. The van der Waals surface area contributed by atoms with E-state index in [-0.39, 0.29) is 0 Å². The van der Waals surface area contributed by atoms with Crippen LogP contribution in [-0.2, 0) is 0 Å². The van der Waals surface area contributed by atoms with Crippen LogP contribution in [0.3, 0.4) is 0 Å². The van der Waals surface area contributed by atoms with Crippen LogP contribution in [0.25, 0.3) is 76.9 Å². The number of hydrogen-bond acceptors (Lipinski definition) is 4. The van der Waals surface area contributed by atoms with Crippen LogP contribution >= 0.6 is 0 Å². The number of anilines is 6. The molecule has 10 aromatic carbocycles. The summed E-state index contributed by atoms with van der Waals surface area (Å²) in [5, 5.41) is 9.83. The molecule has 0 amide bonds. The first-order valence-electron chi connectivity index (χ1n) is 22.3. The fourth-order valence-corrected chi connectivity index (χ4v) is 13.7. The monoisotopic (exact) mass is 850 g/mol. The van der Waals surface area contributed by atoms with Gasteiger partial charge in [0.25, 0.3) is 0 Å². The summed E-state index contributed by atoms with van der Waals surface area (Å²) in [5.74, 6) is 0. The van der Waals surface area contributed by atoms with E-state index in [4.69, 9.17) is 8.83 Å². The molecule has 13 rings (SSSR count). The van der Waals surface area contributed by atoms with E-state index >= 15 is 0 Å². The van der Waals surface area contributed by atoms with Gasteiger partial charge in [0.1, 0.15) is 19.2 Å². The van der Waals surface area contributed by atoms with Gasteiger partial charge in [-0.3, -0.25) is 0 Å².